The fourth-order valence-electron chi connectivity index (χ4n) is 2.86. The van der Waals surface area contributed by atoms with Crippen LogP contribution in [0.3, 0.4) is 0 Å². The Morgan fingerprint density at radius 2 is 1.89 bits per heavy atom. The number of hydrogen-bond acceptors (Lipinski definition) is 6. The minimum Gasteiger partial charge on any atom is -0.452 e. The molecule has 0 aliphatic carbocycles. The van der Waals surface area contributed by atoms with Crippen LogP contribution < -0.4 is 5.32 Å². The van der Waals surface area contributed by atoms with Crippen molar-refractivity contribution in [3.05, 3.63) is 54.1 Å². The molecule has 0 aromatic heterocycles. The number of hydrogen-bond donors (Lipinski definition) is 1. The molecule has 1 amide bonds. The molecule has 1 N–H and O–H groups in total. The summed E-state index contributed by atoms with van der Waals surface area (Å²) in [5, 5.41) is 2.79. The Morgan fingerprint density at radius 1 is 1.14 bits per heavy atom. The highest BCUT2D eigenvalue weighted by Gasteiger charge is 2.19. The quantitative estimate of drug-likeness (QED) is 0.505. The highest BCUT2D eigenvalue weighted by molar-refractivity contribution is 7.99. The fraction of sp³-hybridized carbons (Fsp3) is 0.333. The van der Waals surface area contributed by atoms with Crippen LogP contribution in [0.15, 0.2) is 58.3 Å². The van der Waals surface area contributed by atoms with Gasteiger partial charge in [-0.2, -0.15) is 0 Å². The molecule has 1 fully saturated rings. The lowest BCUT2D eigenvalue weighted by Crippen LogP contribution is -2.21. The lowest BCUT2D eigenvalue weighted by Gasteiger charge is -2.12. The van der Waals surface area contributed by atoms with Gasteiger partial charge in [-0.3, -0.25) is 4.79 Å². The van der Waals surface area contributed by atoms with Gasteiger partial charge in [0.25, 0.3) is 5.91 Å². The molecule has 0 bridgehead atoms. The normalized spacial score (nSPS) is 16.0. The van der Waals surface area contributed by atoms with Gasteiger partial charge >= 0.3 is 5.97 Å². The SMILES string of the molecule is CSc1ccccc1NC(=O)COC(=O)c1ccccc1SC[C@@H]1CCCO1. The van der Waals surface area contributed by atoms with E-state index in [4.69, 9.17) is 9.47 Å². The summed E-state index contributed by atoms with van der Waals surface area (Å²) in [6.07, 6.45) is 4.31. The zero-order valence-electron chi connectivity index (χ0n) is 15.7. The number of esters is 1. The van der Waals surface area contributed by atoms with E-state index < -0.39 is 5.97 Å². The highest BCUT2D eigenvalue weighted by Crippen LogP contribution is 2.27. The molecule has 1 heterocycles. The molecule has 148 valence electrons. The van der Waals surface area contributed by atoms with Crippen LogP contribution in [0, 0.1) is 0 Å². The largest absolute Gasteiger partial charge is 0.452 e. The van der Waals surface area contributed by atoms with Crippen LogP contribution in [-0.2, 0) is 14.3 Å². The Labute approximate surface area is 173 Å². The number of thioether (sulfide) groups is 2. The zero-order valence-corrected chi connectivity index (χ0v) is 17.3. The van der Waals surface area contributed by atoms with Crippen molar-refractivity contribution in [1.29, 1.82) is 0 Å². The third-order valence-electron chi connectivity index (χ3n) is 4.27. The van der Waals surface area contributed by atoms with E-state index in [2.05, 4.69) is 5.32 Å². The lowest BCUT2D eigenvalue weighted by molar-refractivity contribution is -0.119. The number of amides is 1. The molecule has 1 atom stereocenters. The maximum absolute atomic E-state index is 12.5. The van der Waals surface area contributed by atoms with E-state index in [0.717, 1.165) is 35.0 Å². The van der Waals surface area contributed by atoms with Gasteiger partial charge < -0.3 is 14.8 Å². The first-order chi connectivity index (χ1) is 13.7. The predicted molar refractivity (Wildman–Crippen MR) is 113 cm³/mol. The van der Waals surface area contributed by atoms with E-state index in [1.807, 2.05) is 42.7 Å². The van der Waals surface area contributed by atoms with E-state index in [0.29, 0.717) is 11.3 Å². The highest BCUT2D eigenvalue weighted by atomic mass is 32.2. The second kappa shape index (κ2) is 10.5. The molecule has 5 nitrogen and oxygen atoms in total. The maximum atomic E-state index is 12.5. The smallest absolute Gasteiger partial charge is 0.339 e. The van der Waals surface area contributed by atoms with Crippen molar-refractivity contribution in [2.45, 2.75) is 28.7 Å². The third-order valence-corrected chi connectivity index (χ3v) is 6.27. The molecule has 1 saturated heterocycles. The molecule has 2 aromatic rings. The number of carbonyl (C=O) groups excluding carboxylic acids is 2. The monoisotopic (exact) mass is 417 g/mol. The summed E-state index contributed by atoms with van der Waals surface area (Å²) in [6.45, 7) is 0.482. The fourth-order valence-corrected chi connectivity index (χ4v) is 4.53. The summed E-state index contributed by atoms with van der Waals surface area (Å²) in [6, 6.07) is 14.8. The van der Waals surface area contributed by atoms with Gasteiger partial charge in [-0.05, 0) is 43.4 Å². The predicted octanol–water partition coefficient (Wildman–Crippen LogP) is 4.48. The van der Waals surface area contributed by atoms with Crippen LogP contribution in [0.4, 0.5) is 5.69 Å². The summed E-state index contributed by atoms with van der Waals surface area (Å²) < 4.78 is 10.9. The molecule has 1 aliphatic rings. The first-order valence-corrected chi connectivity index (χ1v) is 11.3. The number of anilines is 1. The average Bonchev–Trinajstić information content (AvgIpc) is 3.25. The van der Waals surface area contributed by atoms with Crippen LogP contribution in [-0.4, -0.2) is 43.2 Å². The minimum absolute atomic E-state index is 0.233. The first-order valence-electron chi connectivity index (χ1n) is 9.11. The van der Waals surface area contributed by atoms with Crippen molar-refractivity contribution < 1.29 is 19.1 Å². The average molecular weight is 418 g/mol. The Kier molecular flexibility index (Phi) is 7.82. The van der Waals surface area contributed by atoms with Gasteiger partial charge in [0.1, 0.15) is 0 Å². The van der Waals surface area contributed by atoms with E-state index in [-0.39, 0.29) is 18.6 Å². The molecular formula is C21H23NO4S2. The van der Waals surface area contributed by atoms with Crippen LogP contribution in [0.25, 0.3) is 0 Å². The van der Waals surface area contributed by atoms with E-state index in [1.165, 1.54) is 0 Å². The molecule has 0 spiro atoms. The van der Waals surface area contributed by atoms with Crippen molar-refractivity contribution in [1.82, 2.24) is 0 Å². The van der Waals surface area contributed by atoms with E-state index in [1.54, 1.807) is 35.7 Å². The molecule has 0 radical (unpaired) electrons. The Balaban J connectivity index is 1.55. The van der Waals surface area contributed by atoms with Gasteiger partial charge in [0.2, 0.25) is 0 Å². The summed E-state index contributed by atoms with van der Waals surface area (Å²) in [5.41, 5.74) is 1.19. The molecule has 7 heteroatoms. The number of ether oxygens (including phenoxy) is 2. The van der Waals surface area contributed by atoms with Crippen molar-refractivity contribution in [3.8, 4) is 0 Å². The van der Waals surface area contributed by atoms with Gasteiger partial charge in [-0.1, -0.05) is 24.3 Å². The summed E-state index contributed by atoms with van der Waals surface area (Å²) in [5.74, 6) is -0.0564. The molecule has 3 rings (SSSR count). The number of para-hydroxylation sites is 1. The van der Waals surface area contributed by atoms with Crippen LogP contribution in [0.2, 0.25) is 0 Å². The number of carbonyl (C=O) groups is 2. The van der Waals surface area contributed by atoms with Crippen molar-refractivity contribution >= 4 is 41.1 Å². The summed E-state index contributed by atoms with van der Waals surface area (Å²) in [4.78, 5) is 26.5. The number of rotatable bonds is 8. The molecule has 2 aromatic carbocycles. The second-order valence-electron chi connectivity index (χ2n) is 6.27. The summed E-state index contributed by atoms with van der Waals surface area (Å²) >= 11 is 3.13. The standard InChI is InChI=1S/C21H23NO4S2/c1-27-19-11-5-3-9-17(19)22-20(23)13-26-21(24)16-8-2-4-10-18(16)28-14-15-7-6-12-25-15/h2-5,8-11,15H,6-7,12-14H2,1H3,(H,22,23)/t15-/m0/s1. The second-order valence-corrected chi connectivity index (χ2v) is 8.18. The van der Waals surface area contributed by atoms with Gasteiger partial charge in [0.05, 0.1) is 17.4 Å². The molecule has 0 saturated carbocycles. The molecule has 0 unspecified atom stereocenters. The summed E-state index contributed by atoms with van der Waals surface area (Å²) in [7, 11) is 0. The maximum Gasteiger partial charge on any atom is 0.339 e. The number of benzene rings is 2. The Bertz CT molecular complexity index is 822. The van der Waals surface area contributed by atoms with Gasteiger partial charge in [-0.15, -0.1) is 23.5 Å². The van der Waals surface area contributed by atoms with Crippen LogP contribution in [0.5, 0.6) is 0 Å². The van der Waals surface area contributed by atoms with Crippen LogP contribution >= 0.6 is 23.5 Å². The minimum atomic E-state index is -0.497. The third kappa shape index (κ3) is 5.77. The molecule has 28 heavy (non-hydrogen) atoms. The van der Waals surface area contributed by atoms with Crippen molar-refractivity contribution in [3.63, 3.8) is 0 Å². The molecule has 1 aliphatic heterocycles. The van der Waals surface area contributed by atoms with Crippen molar-refractivity contribution in [2.75, 3.05) is 30.5 Å². The van der Waals surface area contributed by atoms with Crippen molar-refractivity contribution in [2.24, 2.45) is 0 Å². The van der Waals surface area contributed by atoms with Gasteiger partial charge in [-0.25, -0.2) is 4.79 Å². The van der Waals surface area contributed by atoms with E-state index >= 15 is 0 Å². The van der Waals surface area contributed by atoms with Gasteiger partial charge in [0.15, 0.2) is 6.61 Å². The van der Waals surface area contributed by atoms with Gasteiger partial charge in [0, 0.05) is 22.2 Å². The lowest BCUT2D eigenvalue weighted by atomic mass is 10.2. The topological polar surface area (TPSA) is 64.6 Å². The van der Waals surface area contributed by atoms with Crippen LogP contribution in [0.1, 0.15) is 23.2 Å². The first kappa shape index (κ1) is 20.8. The zero-order chi connectivity index (χ0) is 19.8. The number of nitrogens with one attached hydrogen (secondary N) is 1. The molecular weight excluding hydrogens is 394 g/mol. The Hall–Kier alpha value is -1.96. The Morgan fingerprint density at radius 3 is 2.64 bits per heavy atom. The van der Waals surface area contributed by atoms with E-state index in [9.17, 15) is 9.59 Å².